The third-order valence-corrected chi connectivity index (χ3v) is 7.59. The smallest absolute Gasteiger partial charge is 0.338 e. The minimum atomic E-state index is -0.990. The van der Waals surface area contributed by atoms with Crippen LogP contribution in [-0.2, 0) is 14.3 Å². The van der Waals surface area contributed by atoms with E-state index in [1.54, 1.807) is 36.4 Å². The molecule has 3 aromatic rings. The average Bonchev–Trinajstić information content (AvgIpc) is 3.18. The summed E-state index contributed by atoms with van der Waals surface area (Å²) in [6, 6.07) is 22.6. The van der Waals surface area contributed by atoms with Gasteiger partial charge in [-0.1, -0.05) is 41.9 Å². The molecule has 6 nitrogen and oxygen atoms in total. The zero-order chi connectivity index (χ0) is 26.1. The highest BCUT2D eigenvalue weighted by Crippen LogP contribution is 2.45. The fourth-order valence-electron chi connectivity index (χ4n) is 5.34. The second-order valence-corrected chi connectivity index (χ2v) is 10.0. The first kappa shape index (κ1) is 24.9. The van der Waals surface area contributed by atoms with Gasteiger partial charge in [-0.05, 0) is 86.2 Å². The normalized spacial score (nSPS) is 21.9. The van der Waals surface area contributed by atoms with E-state index < -0.39 is 12.1 Å². The minimum Gasteiger partial charge on any atom is -0.451 e. The number of imide groups is 1. The maximum absolute atomic E-state index is 13.3. The highest BCUT2D eigenvalue weighted by atomic mass is 35.5. The predicted octanol–water partition coefficient (Wildman–Crippen LogP) is 5.84. The third kappa shape index (κ3) is 4.94. The molecule has 0 spiro atoms. The minimum absolute atomic E-state index is 0.181. The first-order chi connectivity index (χ1) is 17.8. The number of fused-ring (bicyclic) bond motifs is 1. The second kappa shape index (κ2) is 10.3. The lowest BCUT2D eigenvalue weighted by Crippen LogP contribution is -2.31. The molecule has 1 aliphatic heterocycles. The van der Waals surface area contributed by atoms with Crippen LogP contribution in [0.2, 0.25) is 5.02 Å². The summed E-state index contributed by atoms with van der Waals surface area (Å²) in [6.45, 7) is 1.51. The summed E-state index contributed by atoms with van der Waals surface area (Å²) in [5, 5.41) is 0.506. The number of nitrogens with zero attached hydrogens (tertiary/aromatic N) is 1. The van der Waals surface area contributed by atoms with Crippen LogP contribution in [0.25, 0.3) is 0 Å². The van der Waals surface area contributed by atoms with Crippen molar-refractivity contribution in [3.05, 3.63) is 101 Å². The molecule has 0 N–H and O–H groups in total. The number of ketones is 1. The Hall–Kier alpha value is -3.77. The van der Waals surface area contributed by atoms with Crippen molar-refractivity contribution in [2.24, 2.45) is 11.8 Å². The molecule has 5 rings (SSSR count). The number of rotatable bonds is 6. The van der Waals surface area contributed by atoms with E-state index in [4.69, 9.17) is 16.3 Å². The number of hydrogen-bond donors (Lipinski definition) is 0. The number of hydrogen-bond acceptors (Lipinski definition) is 5. The number of anilines is 1. The van der Waals surface area contributed by atoms with Crippen LogP contribution in [0.3, 0.4) is 0 Å². The van der Waals surface area contributed by atoms with Crippen molar-refractivity contribution >= 4 is 40.9 Å². The lowest BCUT2D eigenvalue weighted by atomic mass is 9.73. The van der Waals surface area contributed by atoms with Gasteiger partial charge in [-0.2, -0.15) is 0 Å². The molecule has 4 atom stereocenters. The molecule has 0 radical (unpaired) electrons. The van der Waals surface area contributed by atoms with Gasteiger partial charge in [-0.25, -0.2) is 4.79 Å². The van der Waals surface area contributed by atoms with Crippen molar-refractivity contribution in [2.75, 3.05) is 4.90 Å². The van der Waals surface area contributed by atoms with E-state index in [1.807, 2.05) is 18.2 Å². The van der Waals surface area contributed by atoms with E-state index in [0.717, 1.165) is 6.42 Å². The van der Waals surface area contributed by atoms with Crippen LogP contribution < -0.4 is 4.90 Å². The van der Waals surface area contributed by atoms with Gasteiger partial charge in [0.15, 0.2) is 6.10 Å². The van der Waals surface area contributed by atoms with Crippen LogP contribution in [-0.4, -0.2) is 29.7 Å². The number of esters is 1. The SMILES string of the molecule is C[C@H](OC(=O)c1ccc(N2C(=O)[C@H]3C[C@@H](c4ccccc4)CC[C@H]3C2=O)cc1)C(=O)c1ccc(Cl)cc1. The van der Waals surface area contributed by atoms with Crippen LogP contribution in [0.5, 0.6) is 0 Å². The summed E-state index contributed by atoms with van der Waals surface area (Å²) in [6.07, 6.45) is 1.21. The number of carbonyl (C=O) groups is 4. The van der Waals surface area contributed by atoms with Gasteiger partial charge in [0.25, 0.3) is 0 Å². The van der Waals surface area contributed by atoms with Crippen LogP contribution in [0.1, 0.15) is 58.4 Å². The standard InChI is InChI=1S/C30H26ClNO5/c1-18(27(33)20-7-12-23(31)13-8-20)37-30(36)21-9-14-24(15-10-21)32-28(34)25-16-11-22(17-26(25)29(32)35)19-5-3-2-4-6-19/h2-10,12-15,18,22,25-26H,11,16-17H2,1H3/t18-,22-,25+,26-/m0/s1. The van der Waals surface area contributed by atoms with Crippen molar-refractivity contribution in [3.8, 4) is 0 Å². The summed E-state index contributed by atoms with van der Waals surface area (Å²) in [4.78, 5) is 52.9. The molecule has 2 amide bonds. The van der Waals surface area contributed by atoms with Gasteiger partial charge in [0.1, 0.15) is 0 Å². The van der Waals surface area contributed by atoms with Gasteiger partial charge >= 0.3 is 5.97 Å². The van der Waals surface area contributed by atoms with Crippen molar-refractivity contribution in [2.45, 2.75) is 38.2 Å². The summed E-state index contributed by atoms with van der Waals surface area (Å²) in [5.74, 6) is -1.76. The largest absolute Gasteiger partial charge is 0.451 e. The molecule has 3 aromatic carbocycles. The Labute approximate surface area is 220 Å². The fourth-order valence-corrected chi connectivity index (χ4v) is 5.47. The van der Waals surface area contributed by atoms with Crippen LogP contribution in [0, 0.1) is 11.8 Å². The molecule has 0 unspecified atom stereocenters. The summed E-state index contributed by atoms with van der Waals surface area (Å²) in [5.41, 5.74) is 2.25. The Kier molecular flexibility index (Phi) is 6.94. The van der Waals surface area contributed by atoms with E-state index in [-0.39, 0.29) is 40.9 Å². The number of benzene rings is 3. The monoisotopic (exact) mass is 515 g/mol. The van der Waals surface area contributed by atoms with E-state index in [2.05, 4.69) is 12.1 Å². The van der Waals surface area contributed by atoms with Gasteiger partial charge in [-0.15, -0.1) is 0 Å². The summed E-state index contributed by atoms with van der Waals surface area (Å²) >= 11 is 5.86. The third-order valence-electron chi connectivity index (χ3n) is 7.34. The lowest BCUT2D eigenvalue weighted by Gasteiger charge is -2.28. The van der Waals surface area contributed by atoms with Crippen LogP contribution in [0.4, 0.5) is 5.69 Å². The molecule has 1 aliphatic carbocycles. The molecular formula is C30H26ClNO5. The van der Waals surface area contributed by atoms with Crippen LogP contribution >= 0.6 is 11.6 Å². The number of carbonyl (C=O) groups excluding carboxylic acids is 4. The zero-order valence-electron chi connectivity index (χ0n) is 20.3. The van der Waals surface area contributed by atoms with Crippen molar-refractivity contribution in [1.82, 2.24) is 0 Å². The molecule has 1 heterocycles. The zero-order valence-corrected chi connectivity index (χ0v) is 21.1. The molecule has 37 heavy (non-hydrogen) atoms. The molecule has 0 bridgehead atoms. The van der Waals surface area contributed by atoms with Gasteiger partial charge in [0.2, 0.25) is 17.6 Å². The molecule has 188 valence electrons. The number of ether oxygens (including phenoxy) is 1. The Balaban J connectivity index is 1.25. The fraction of sp³-hybridized carbons (Fsp3) is 0.267. The highest BCUT2D eigenvalue weighted by molar-refractivity contribution is 6.30. The van der Waals surface area contributed by atoms with Gasteiger partial charge in [0.05, 0.1) is 23.1 Å². The van der Waals surface area contributed by atoms with E-state index in [9.17, 15) is 19.2 Å². The van der Waals surface area contributed by atoms with E-state index in [1.165, 1.54) is 29.5 Å². The molecule has 0 aromatic heterocycles. The Bertz CT molecular complexity index is 1340. The average molecular weight is 516 g/mol. The Morgan fingerprint density at radius 2 is 1.46 bits per heavy atom. The van der Waals surface area contributed by atoms with Gasteiger partial charge in [-0.3, -0.25) is 19.3 Å². The Morgan fingerprint density at radius 3 is 2.14 bits per heavy atom. The molecule has 1 saturated heterocycles. The first-order valence-electron chi connectivity index (χ1n) is 12.4. The van der Waals surface area contributed by atoms with Gasteiger partial charge in [0, 0.05) is 10.6 Å². The number of Topliss-reactive ketones (excluding diaryl/α,β-unsaturated/α-hetero) is 1. The van der Waals surface area contributed by atoms with E-state index >= 15 is 0 Å². The van der Waals surface area contributed by atoms with Crippen molar-refractivity contribution in [1.29, 1.82) is 0 Å². The quantitative estimate of drug-likeness (QED) is 0.234. The number of halogens is 1. The second-order valence-electron chi connectivity index (χ2n) is 9.61. The summed E-state index contributed by atoms with van der Waals surface area (Å²) in [7, 11) is 0. The van der Waals surface area contributed by atoms with Gasteiger partial charge < -0.3 is 4.74 Å². The Morgan fingerprint density at radius 1 is 0.838 bits per heavy atom. The highest BCUT2D eigenvalue weighted by Gasteiger charge is 2.50. The molecule has 1 saturated carbocycles. The molecule has 2 aliphatic rings. The maximum Gasteiger partial charge on any atom is 0.338 e. The number of amides is 2. The lowest BCUT2D eigenvalue weighted by molar-refractivity contribution is -0.122. The first-order valence-corrected chi connectivity index (χ1v) is 12.7. The molecule has 2 fully saturated rings. The topological polar surface area (TPSA) is 80.8 Å². The summed E-state index contributed by atoms with van der Waals surface area (Å²) < 4.78 is 5.35. The van der Waals surface area contributed by atoms with Crippen LogP contribution in [0.15, 0.2) is 78.9 Å². The van der Waals surface area contributed by atoms with E-state index in [0.29, 0.717) is 29.1 Å². The van der Waals surface area contributed by atoms with Crippen molar-refractivity contribution < 1.29 is 23.9 Å². The maximum atomic E-state index is 13.3. The predicted molar refractivity (Wildman–Crippen MR) is 140 cm³/mol. The van der Waals surface area contributed by atoms with Crippen molar-refractivity contribution in [3.63, 3.8) is 0 Å². The molecular weight excluding hydrogens is 490 g/mol. The molecule has 7 heteroatoms.